The first-order valence-corrected chi connectivity index (χ1v) is 15.7. The van der Waals surface area contributed by atoms with Crippen LogP contribution in [0.3, 0.4) is 0 Å². The van der Waals surface area contributed by atoms with Crippen molar-refractivity contribution in [2.75, 3.05) is 24.6 Å². The van der Waals surface area contributed by atoms with Gasteiger partial charge in [0.2, 0.25) is 29.5 Å². The normalized spacial score (nSPS) is 17.1. The average Bonchev–Trinajstić information content (AvgIpc) is 3.26. The van der Waals surface area contributed by atoms with Crippen LogP contribution < -0.4 is 32.3 Å². The molecule has 0 saturated carbocycles. The number of nitrogens with two attached hydrogens (primary N) is 1. The van der Waals surface area contributed by atoms with E-state index in [0.717, 1.165) is 16.9 Å². The highest BCUT2D eigenvalue weighted by atomic mass is 33.1. The van der Waals surface area contributed by atoms with Crippen LogP contribution in [0.4, 0.5) is 0 Å². The Hall–Kier alpha value is -3.55. The zero-order valence-corrected chi connectivity index (χ0v) is 24.4. The fraction of sp³-hybridized carbons (Fsp3) is 0.393. The Morgan fingerprint density at radius 3 is 2.07 bits per heavy atom. The number of carbonyl (C=O) groups is 5. The highest BCUT2D eigenvalue weighted by Crippen LogP contribution is 2.23. The van der Waals surface area contributed by atoms with Crippen LogP contribution in [0.5, 0.6) is 0 Å². The fourth-order valence-electron chi connectivity index (χ4n) is 4.02. The van der Waals surface area contributed by atoms with E-state index in [1.807, 2.05) is 60.7 Å². The van der Waals surface area contributed by atoms with Crippen LogP contribution in [0.1, 0.15) is 18.1 Å². The van der Waals surface area contributed by atoms with E-state index >= 15 is 0 Å². The quantitative estimate of drug-likeness (QED) is 0.173. The molecule has 11 nitrogen and oxygen atoms in total. The van der Waals surface area contributed by atoms with Crippen molar-refractivity contribution < 1.29 is 24.0 Å². The van der Waals surface area contributed by atoms with E-state index in [9.17, 15) is 24.0 Å². The van der Waals surface area contributed by atoms with Gasteiger partial charge in [0.15, 0.2) is 0 Å². The van der Waals surface area contributed by atoms with Gasteiger partial charge in [-0.2, -0.15) is 0 Å². The van der Waals surface area contributed by atoms with Gasteiger partial charge in [-0.1, -0.05) is 82.3 Å². The molecule has 13 heteroatoms. The van der Waals surface area contributed by atoms with Gasteiger partial charge in [0, 0.05) is 30.9 Å². The van der Waals surface area contributed by atoms with Gasteiger partial charge >= 0.3 is 0 Å². The lowest BCUT2D eigenvalue weighted by molar-refractivity contribution is -0.133. The summed E-state index contributed by atoms with van der Waals surface area (Å²) in [5.74, 6) is -1.25. The van der Waals surface area contributed by atoms with Crippen molar-refractivity contribution in [1.29, 1.82) is 0 Å². The smallest absolute Gasteiger partial charge is 0.243 e. The molecule has 1 heterocycles. The predicted molar refractivity (Wildman–Crippen MR) is 161 cm³/mol. The van der Waals surface area contributed by atoms with Crippen LogP contribution in [-0.4, -0.2) is 78.3 Å². The van der Waals surface area contributed by atoms with Crippen LogP contribution in [0.2, 0.25) is 0 Å². The average molecular weight is 601 g/mol. The zero-order valence-electron chi connectivity index (χ0n) is 22.8. The third kappa shape index (κ3) is 11.1. The molecule has 0 aliphatic carbocycles. The highest BCUT2D eigenvalue weighted by Gasteiger charge is 2.28. The fourth-order valence-corrected chi connectivity index (χ4v) is 6.14. The molecule has 0 radical (unpaired) electrons. The summed E-state index contributed by atoms with van der Waals surface area (Å²) in [5, 5.41) is 13.7. The Kier molecular flexibility index (Phi) is 13.0. The number of hydrogen-bond donors (Lipinski definition) is 6. The minimum atomic E-state index is -1.02. The lowest BCUT2D eigenvalue weighted by atomic mass is 10.0. The predicted octanol–water partition coefficient (Wildman–Crippen LogP) is -0.0992. The summed E-state index contributed by atoms with van der Waals surface area (Å²) in [6.45, 7) is 1.82. The molecule has 3 rings (SSSR count). The van der Waals surface area contributed by atoms with Crippen LogP contribution in [0.25, 0.3) is 0 Å². The van der Waals surface area contributed by atoms with Crippen molar-refractivity contribution in [3.05, 3.63) is 71.8 Å². The summed E-state index contributed by atoms with van der Waals surface area (Å²) in [6.07, 6.45) is 0.372. The SMILES string of the molecule is C[C@H](NC(=O)[C@@H]1CSSCCN1)C(=O)N[C@@H](Cc1ccccc1)C(=O)NCC(=O)N[C@@H](Cc1ccccc1)C(N)=O. The van der Waals surface area contributed by atoms with Crippen molar-refractivity contribution in [2.24, 2.45) is 5.73 Å². The Morgan fingerprint density at radius 2 is 1.46 bits per heavy atom. The number of carbonyl (C=O) groups excluding carboxylic acids is 5. The van der Waals surface area contributed by atoms with Gasteiger partial charge in [-0.15, -0.1) is 0 Å². The molecule has 1 fully saturated rings. The number of amides is 5. The molecule has 220 valence electrons. The molecule has 1 aliphatic heterocycles. The van der Waals surface area contributed by atoms with Crippen molar-refractivity contribution >= 4 is 51.1 Å². The summed E-state index contributed by atoms with van der Waals surface area (Å²) in [5.41, 5.74) is 7.09. The second-order valence-electron chi connectivity index (χ2n) is 9.52. The third-order valence-electron chi connectivity index (χ3n) is 6.26. The molecule has 5 amide bonds. The van der Waals surface area contributed by atoms with E-state index in [2.05, 4.69) is 26.6 Å². The largest absolute Gasteiger partial charge is 0.368 e. The van der Waals surface area contributed by atoms with Gasteiger partial charge in [-0.25, -0.2) is 0 Å². The molecule has 1 saturated heterocycles. The lowest BCUT2D eigenvalue weighted by Crippen LogP contribution is -2.57. The van der Waals surface area contributed by atoms with Crippen LogP contribution in [-0.2, 0) is 36.8 Å². The maximum atomic E-state index is 13.1. The number of primary amides is 1. The zero-order chi connectivity index (χ0) is 29.6. The van der Waals surface area contributed by atoms with Gasteiger partial charge in [-0.05, 0) is 18.1 Å². The number of hydrogen-bond acceptors (Lipinski definition) is 8. The topological polar surface area (TPSA) is 172 Å². The third-order valence-corrected chi connectivity index (χ3v) is 8.68. The number of rotatable bonds is 13. The van der Waals surface area contributed by atoms with Crippen molar-refractivity contribution in [2.45, 2.75) is 43.9 Å². The van der Waals surface area contributed by atoms with Crippen LogP contribution >= 0.6 is 21.6 Å². The minimum absolute atomic E-state index is 0.163. The Bertz CT molecular complexity index is 1180. The first kappa shape index (κ1) is 32.0. The van der Waals surface area contributed by atoms with Gasteiger partial charge in [0.1, 0.15) is 18.1 Å². The van der Waals surface area contributed by atoms with Crippen molar-refractivity contribution in [1.82, 2.24) is 26.6 Å². The molecule has 2 aromatic rings. The Morgan fingerprint density at radius 1 is 0.854 bits per heavy atom. The molecule has 4 atom stereocenters. The maximum absolute atomic E-state index is 13.1. The lowest BCUT2D eigenvalue weighted by Gasteiger charge is -2.23. The van der Waals surface area contributed by atoms with E-state index in [-0.39, 0.29) is 18.7 Å². The summed E-state index contributed by atoms with van der Waals surface area (Å²) in [4.78, 5) is 63.3. The van der Waals surface area contributed by atoms with Gasteiger partial charge < -0.3 is 32.3 Å². The van der Waals surface area contributed by atoms with Crippen LogP contribution in [0, 0.1) is 0 Å². The van der Waals surface area contributed by atoms with E-state index in [1.54, 1.807) is 28.5 Å². The first-order chi connectivity index (χ1) is 19.7. The second kappa shape index (κ2) is 16.7. The molecule has 2 aromatic carbocycles. The molecule has 0 bridgehead atoms. The number of nitrogens with one attached hydrogen (secondary N) is 5. The maximum Gasteiger partial charge on any atom is 0.243 e. The van der Waals surface area contributed by atoms with Crippen LogP contribution in [0.15, 0.2) is 60.7 Å². The molecular weight excluding hydrogens is 564 g/mol. The van der Waals surface area contributed by atoms with E-state index in [4.69, 9.17) is 5.73 Å². The Balaban J connectivity index is 1.58. The molecule has 0 unspecified atom stereocenters. The number of benzene rings is 2. The minimum Gasteiger partial charge on any atom is -0.368 e. The molecule has 41 heavy (non-hydrogen) atoms. The molecule has 7 N–H and O–H groups in total. The molecule has 1 aliphatic rings. The second-order valence-corrected chi connectivity index (χ2v) is 12.2. The highest BCUT2D eigenvalue weighted by molar-refractivity contribution is 8.76. The van der Waals surface area contributed by atoms with E-state index < -0.39 is 54.3 Å². The van der Waals surface area contributed by atoms with E-state index in [0.29, 0.717) is 12.3 Å². The molecule has 0 spiro atoms. The van der Waals surface area contributed by atoms with Gasteiger partial charge in [0.25, 0.3) is 0 Å². The van der Waals surface area contributed by atoms with Gasteiger partial charge in [-0.3, -0.25) is 24.0 Å². The van der Waals surface area contributed by atoms with Crippen molar-refractivity contribution in [3.63, 3.8) is 0 Å². The van der Waals surface area contributed by atoms with Crippen molar-refractivity contribution in [3.8, 4) is 0 Å². The molecule has 0 aromatic heterocycles. The molecular formula is C28H36N6O5S2. The monoisotopic (exact) mass is 600 g/mol. The summed E-state index contributed by atoms with van der Waals surface area (Å²) in [6, 6.07) is 14.9. The summed E-state index contributed by atoms with van der Waals surface area (Å²) in [7, 11) is 3.28. The van der Waals surface area contributed by atoms with E-state index in [1.165, 1.54) is 0 Å². The Labute approximate surface area is 247 Å². The van der Waals surface area contributed by atoms with Gasteiger partial charge in [0.05, 0.1) is 12.6 Å². The summed E-state index contributed by atoms with van der Waals surface area (Å²) >= 11 is 0. The summed E-state index contributed by atoms with van der Waals surface area (Å²) < 4.78 is 0. The first-order valence-electron chi connectivity index (χ1n) is 13.3. The standard InChI is InChI=1S/C28H36N6O5S2/c1-18(32-28(39)23-17-41-40-13-12-30-23)26(37)34-22(15-20-10-6-3-7-11-20)27(38)31-16-24(35)33-21(25(29)36)14-19-8-4-2-5-9-19/h2-11,18,21-23,30H,12-17H2,1H3,(H2,29,36)(H,31,38)(H,32,39)(H,33,35)(H,34,37)/t18-,21-,22-,23-/m0/s1.